The predicted octanol–water partition coefficient (Wildman–Crippen LogP) is 4.06. The molecule has 1 heterocycles. The van der Waals surface area contributed by atoms with Crippen molar-refractivity contribution in [3.05, 3.63) is 46.6 Å². The summed E-state index contributed by atoms with van der Waals surface area (Å²) in [6.45, 7) is 6.84. The lowest BCUT2D eigenvalue weighted by molar-refractivity contribution is 0.414. The molecule has 4 nitrogen and oxygen atoms in total. The molecule has 112 valence electrons. The first-order valence-electron chi connectivity index (χ1n) is 6.52. The number of nitrogens with zero attached hydrogens (tertiary/aromatic N) is 2. The normalized spacial score (nSPS) is 11.5. The molecule has 1 aromatic carbocycles. The number of aromatic nitrogens is 2. The summed E-state index contributed by atoms with van der Waals surface area (Å²) in [6, 6.07) is 4.43. The summed E-state index contributed by atoms with van der Waals surface area (Å²) in [5.74, 6) is 0.539. The minimum atomic E-state index is -0.337. The van der Waals surface area contributed by atoms with Crippen molar-refractivity contribution in [1.29, 1.82) is 0 Å². The molecular formula is C15H17BrFN3O. The van der Waals surface area contributed by atoms with Crippen LogP contribution < -0.4 is 10.1 Å². The highest BCUT2D eigenvalue weighted by atomic mass is 79.9. The van der Waals surface area contributed by atoms with Crippen molar-refractivity contribution in [2.45, 2.75) is 32.9 Å². The van der Waals surface area contributed by atoms with Gasteiger partial charge in [-0.2, -0.15) is 0 Å². The zero-order chi connectivity index (χ0) is 15.5. The molecule has 6 heteroatoms. The second kappa shape index (κ2) is 6.49. The van der Waals surface area contributed by atoms with Crippen LogP contribution in [0.5, 0.6) is 11.6 Å². The number of benzene rings is 1. The van der Waals surface area contributed by atoms with Crippen LogP contribution in [0, 0.1) is 5.82 Å². The van der Waals surface area contributed by atoms with Crippen molar-refractivity contribution in [2.75, 3.05) is 0 Å². The van der Waals surface area contributed by atoms with Crippen molar-refractivity contribution in [3.8, 4) is 11.6 Å². The van der Waals surface area contributed by atoms with Gasteiger partial charge in [0.15, 0.2) is 0 Å². The third-order valence-corrected chi connectivity index (χ3v) is 3.18. The average Bonchev–Trinajstić information content (AvgIpc) is 2.40. The zero-order valence-electron chi connectivity index (χ0n) is 12.2. The third-order valence-electron chi connectivity index (χ3n) is 2.58. The number of ether oxygens (including phenoxy) is 1. The first-order chi connectivity index (χ1) is 9.83. The van der Waals surface area contributed by atoms with Crippen LogP contribution in [-0.4, -0.2) is 15.5 Å². The first kappa shape index (κ1) is 15.9. The van der Waals surface area contributed by atoms with E-state index in [2.05, 4.69) is 52.0 Å². The van der Waals surface area contributed by atoms with Gasteiger partial charge in [0.05, 0.1) is 16.4 Å². The van der Waals surface area contributed by atoms with Crippen molar-refractivity contribution in [2.24, 2.45) is 0 Å². The van der Waals surface area contributed by atoms with E-state index in [1.54, 1.807) is 18.3 Å². The van der Waals surface area contributed by atoms with Gasteiger partial charge in [0.25, 0.3) is 0 Å². The van der Waals surface area contributed by atoms with E-state index in [1.807, 2.05) is 0 Å². The molecule has 0 saturated carbocycles. The van der Waals surface area contributed by atoms with Crippen molar-refractivity contribution >= 4 is 15.9 Å². The van der Waals surface area contributed by atoms with Gasteiger partial charge in [0, 0.05) is 18.3 Å². The molecule has 2 aromatic rings. The van der Waals surface area contributed by atoms with Crippen LogP contribution in [0.4, 0.5) is 4.39 Å². The fourth-order valence-corrected chi connectivity index (χ4v) is 1.90. The van der Waals surface area contributed by atoms with Gasteiger partial charge >= 0.3 is 0 Å². The van der Waals surface area contributed by atoms with Crippen LogP contribution in [0.25, 0.3) is 0 Å². The summed E-state index contributed by atoms with van der Waals surface area (Å²) >= 11 is 3.12. The quantitative estimate of drug-likeness (QED) is 0.900. The Morgan fingerprint density at radius 3 is 2.71 bits per heavy atom. The Morgan fingerprint density at radius 2 is 2.05 bits per heavy atom. The summed E-state index contributed by atoms with van der Waals surface area (Å²) < 4.78 is 19.1. The highest BCUT2D eigenvalue weighted by Crippen LogP contribution is 2.25. The van der Waals surface area contributed by atoms with Gasteiger partial charge in [-0.05, 0) is 54.9 Å². The zero-order valence-corrected chi connectivity index (χ0v) is 13.7. The summed E-state index contributed by atoms with van der Waals surface area (Å²) in [7, 11) is 0. The van der Waals surface area contributed by atoms with Crippen molar-refractivity contribution < 1.29 is 9.13 Å². The minimum absolute atomic E-state index is 0.000360. The fraction of sp³-hybridized carbons (Fsp3) is 0.333. The van der Waals surface area contributed by atoms with E-state index >= 15 is 0 Å². The summed E-state index contributed by atoms with van der Waals surface area (Å²) in [4.78, 5) is 8.48. The summed E-state index contributed by atoms with van der Waals surface area (Å²) in [5.41, 5.74) is 0.781. The molecule has 0 radical (unpaired) electrons. The topological polar surface area (TPSA) is 47.0 Å². The van der Waals surface area contributed by atoms with E-state index in [-0.39, 0.29) is 11.4 Å². The van der Waals surface area contributed by atoms with E-state index in [0.717, 1.165) is 5.69 Å². The summed E-state index contributed by atoms with van der Waals surface area (Å²) in [5, 5.41) is 3.33. The van der Waals surface area contributed by atoms with Crippen LogP contribution in [-0.2, 0) is 6.54 Å². The minimum Gasteiger partial charge on any atom is -0.437 e. The van der Waals surface area contributed by atoms with Crippen LogP contribution in [0.15, 0.2) is 35.1 Å². The van der Waals surface area contributed by atoms with E-state index < -0.39 is 0 Å². The van der Waals surface area contributed by atoms with Gasteiger partial charge in [-0.3, -0.25) is 4.98 Å². The average molecular weight is 354 g/mol. The van der Waals surface area contributed by atoms with Crippen LogP contribution in [0.2, 0.25) is 0 Å². The Kier molecular flexibility index (Phi) is 4.90. The van der Waals surface area contributed by atoms with E-state index in [9.17, 15) is 4.39 Å². The molecule has 0 aliphatic carbocycles. The Morgan fingerprint density at radius 1 is 1.29 bits per heavy atom. The SMILES string of the molecule is CC(C)(C)NCc1cncc(Oc2ccc(F)c(Br)c2)n1. The second-order valence-electron chi connectivity index (χ2n) is 5.63. The maximum Gasteiger partial charge on any atom is 0.238 e. The third kappa shape index (κ3) is 5.06. The van der Waals surface area contributed by atoms with Gasteiger partial charge in [-0.1, -0.05) is 0 Å². The maximum atomic E-state index is 13.2. The molecule has 1 aromatic heterocycles. The molecule has 0 spiro atoms. The smallest absolute Gasteiger partial charge is 0.238 e. The lowest BCUT2D eigenvalue weighted by Gasteiger charge is -2.20. The molecule has 0 atom stereocenters. The predicted molar refractivity (Wildman–Crippen MR) is 82.8 cm³/mol. The fourth-order valence-electron chi connectivity index (χ4n) is 1.54. The molecule has 0 saturated heterocycles. The Balaban J connectivity index is 2.08. The largest absolute Gasteiger partial charge is 0.437 e. The lowest BCUT2D eigenvalue weighted by atomic mass is 10.1. The number of hydrogen-bond acceptors (Lipinski definition) is 4. The first-order valence-corrected chi connectivity index (χ1v) is 7.32. The van der Waals surface area contributed by atoms with Gasteiger partial charge in [-0.25, -0.2) is 9.37 Å². The Bertz CT molecular complexity index is 629. The van der Waals surface area contributed by atoms with Gasteiger partial charge in [0.1, 0.15) is 11.6 Å². The van der Waals surface area contributed by atoms with Crippen LogP contribution >= 0.6 is 15.9 Å². The summed E-state index contributed by atoms with van der Waals surface area (Å²) in [6.07, 6.45) is 3.21. The molecule has 0 unspecified atom stereocenters. The molecular weight excluding hydrogens is 337 g/mol. The van der Waals surface area contributed by atoms with E-state index in [1.165, 1.54) is 12.3 Å². The Hall–Kier alpha value is -1.53. The number of hydrogen-bond donors (Lipinski definition) is 1. The van der Waals surface area contributed by atoms with E-state index in [4.69, 9.17) is 4.74 Å². The molecule has 21 heavy (non-hydrogen) atoms. The van der Waals surface area contributed by atoms with Gasteiger partial charge < -0.3 is 10.1 Å². The Labute approximate surface area is 131 Å². The highest BCUT2D eigenvalue weighted by Gasteiger charge is 2.10. The van der Waals surface area contributed by atoms with Gasteiger partial charge in [0.2, 0.25) is 5.88 Å². The number of nitrogens with one attached hydrogen (secondary N) is 1. The number of rotatable bonds is 4. The molecule has 0 fully saturated rings. The molecule has 0 aliphatic heterocycles. The molecule has 1 N–H and O–H groups in total. The van der Waals surface area contributed by atoms with Crippen LogP contribution in [0.1, 0.15) is 26.5 Å². The molecule has 0 aliphatic rings. The molecule has 0 bridgehead atoms. The van der Waals surface area contributed by atoms with Crippen molar-refractivity contribution in [1.82, 2.24) is 15.3 Å². The molecule has 0 amide bonds. The molecule has 2 rings (SSSR count). The monoisotopic (exact) mass is 353 g/mol. The maximum absolute atomic E-state index is 13.2. The van der Waals surface area contributed by atoms with Crippen LogP contribution in [0.3, 0.4) is 0 Å². The standard InChI is InChI=1S/C15H17BrFN3O/c1-15(2,3)19-8-10-7-18-9-14(20-10)21-11-4-5-13(17)12(16)6-11/h4-7,9,19H,8H2,1-3H3. The second-order valence-corrected chi connectivity index (χ2v) is 6.48. The number of halogens is 2. The van der Waals surface area contributed by atoms with Crippen molar-refractivity contribution in [3.63, 3.8) is 0 Å². The lowest BCUT2D eigenvalue weighted by Crippen LogP contribution is -2.35. The van der Waals surface area contributed by atoms with E-state index in [0.29, 0.717) is 22.6 Å². The van der Waals surface area contributed by atoms with Gasteiger partial charge in [-0.15, -0.1) is 0 Å². The highest BCUT2D eigenvalue weighted by molar-refractivity contribution is 9.10.